The number of carbonyl (C=O) groups excluding carboxylic acids is 1. The van der Waals surface area contributed by atoms with E-state index in [1.54, 1.807) is 18.8 Å². The van der Waals surface area contributed by atoms with Gasteiger partial charge in [-0.1, -0.05) is 70.5 Å². The second-order valence-electron chi connectivity index (χ2n) is 15.6. The first kappa shape index (κ1) is 49.6. The molecule has 1 fully saturated rings. The molecular formula is C46H57BrN7O10P. The number of nitrogens with zero attached hydrogens (tertiary/aromatic N) is 5. The summed E-state index contributed by atoms with van der Waals surface area (Å²) in [5.41, 5.74) is 0.782. The molecular weight excluding hydrogens is 921 g/mol. The number of benzene rings is 3. The van der Waals surface area contributed by atoms with Crippen molar-refractivity contribution in [3.8, 4) is 17.6 Å². The van der Waals surface area contributed by atoms with Gasteiger partial charge in [0.1, 0.15) is 42.2 Å². The Kier molecular flexibility index (Phi) is 18.0. The molecule has 19 heteroatoms. The third kappa shape index (κ3) is 11.8. The highest BCUT2D eigenvalue weighted by molar-refractivity contribution is 9.09. The fourth-order valence-corrected chi connectivity index (χ4v) is 9.73. The van der Waals surface area contributed by atoms with Gasteiger partial charge in [0.25, 0.3) is 14.1 Å². The molecule has 0 bridgehead atoms. The van der Waals surface area contributed by atoms with E-state index in [0.29, 0.717) is 18.1 Å². The van der Waals surface area contributed by atoms with Gasteiger partial charge in [-0.05, 0) is 75.1 Å². The molecule has 5 aromatic rings. The standard InChI is InChI=1S/C46H57BrN7O10P/c1-30(2)54(31(3)4)65(62-26-12-24-48)64-40-38(63-44(41(40)60-29-59-25-11-23-47)53-28-49-39-42(53)51-45(50-32(5)55)52-43(39)56)27-61-46(33-13-9-8-10-14-33,34-15-19-36(57-6)20-16-34)35-17-21-37(58-7)22-18-35/h8-10,13-22,28,30-31,38,40-41,44H,11-12,23,25-27,29H2,1-7H3,(H2,50,51,52,55,56)/t38-,40-,41-,44-,65?/m1/s1. The molecule has 0 spiro atoms. The number of aromatic nitrogens is 4. The molecule has 1 unspecified atom stereocenters. The van der Waals surface area contributed by atoms with Gasteiger partial charge in [0.05, 0.1) is 52.9 Å². The maximum absolute atomic E-state index is 13.3. The summed E-state index contributed by atoms with van der Waals surface area (Å²) >= 11 is 3.46. The number of fused-ring (bicyclic) bond motifs is 1. The van der Waals surface area contributed by atoms with Crippen LogP contribution < -0.4 is 20.3 Å². The van der Waals surface area contributed by atoms with Crippen LogP contribution >= 0.6 is 24.5 Å². The molecule has 3 aromatic carbocycles. The van der Waals surface area contributed by atoms with Crippen LogP contribution in [0.3, 0.4) is 0 Å². The van der Waals surface area contributed by atoms with E-state index < -0.39 is 50.1 Å². The highest BCUT2D eigenvalue weighted by Crippen LogP contribution is 2.51. The van der Waals surface area contributed by atoms with Crippen LogP contribution in [0, 0.1) is 11.3 Å². The van der Waals surface area contributed by atoms with Crippen molar-refractivity contribution in [2.75, 3.05) is 51.5 Å². The molecule has 0 saturated carbocycles. The van der Waals surface area contributed by atoms with Gasteiger partial charge < -0.3 is 37.5 Å². The fraction of sp³-hybridized carbons (Fsp3) is 0.457. The van der Waals surface area contributed by atoms with Gasteiger partial charge in [-0.25, -0.2) is 9.65 Å². The van der Waals surface area contributed by atoms with Crippen molar-refractivity contribution >= 4 is 47.5 Å². The summed E-state index contributed by atoms with van der Waals surface area (Å²) in [5.74, 6) is 0.850. The number of amides is 1. The molecule has 1 aliphatic rings. The largest absolute Gasteiger partial charge is 0.497 e. The van der Waals surface area contributed by atoms with E-state index in [1.165, 1.54) is 13.3 Å². The van der Waals surface area contributed by atoms with E-state index >= 15 is 0 Å². The van der Waals surface area contributed by atoms with E-state index in [1.807, 2.05) is 78.9 Å². The van der Waals surface area contributed by atoms with Crippen LogP contribution in [0.2, 0.25) is 0 Å². The first-order chi connectivity index (χ1) is 31.4. The van der Waals surface area contributed by atoms with Crippen LogP contribution in [-0.4, -0.2) is 107 Å². The summed E-state index contributed by atoms with van der Waals surface area (Å²) in [5, 5.41) is 12.8. The Balaban J connectivity index is 1.53. The van der Waals surface area contributed by atoms with E-state index in [-0.39, 0.29) is 55.6 Å². The summed E-state index contributed by atoms with van der Waals surface area (Å²) in [6.07, 6.45) is -1.48. The molecule has 3 heterocycles. The number of carbonyl (C=O) groups is 1. The summed E-state index contributed by atoms with van der Waals surface area (Å²) in [4.78, 5) is 37.0. The number of ether oxygens (including phenoxy) is 6. The Labute approximate surface area is 388 Å². The fourth-order valence-electron chi connectivity index (χ4n) is 7.73. The lowest BCUT2D eigenvalue weighted by Gasteiger charge is -2.39. The topological polar surface area (TPSA) is 194 Å². The number of hydrogen-bond donors (Lipinski definition) is 2. The van der Waals surface area contributed by atoms with Crippen molar-refractivity contribution in [1.29, 1.82) is 5.26 Å². The second kappa shape index (κ2) is 23.6. The number of aromatic amines is 1. The smallest absolute Gasteiger partial charge is 0.280 e. The van der Waals surface area contributed by atoms with Crippen LogP contribution in [0.15, 0.2) is 90.0 Å². The minimum atomic E-state index is -1.87. The molecule has 5 atom stereocenters. The third-order valence-corrected chi connectivity index (χ3v) is 13.3. The highest BCUT2D eigenvalue weighted by Gasteiger charge is 2.52. The SMILES string of the molecule is COc1ccc(C(OC[C@H]2O[C@@H](n3cnc4c(=O)[nH]c(NC(C)=O)nc43)[C@H](OCOCCCBr)[C@@H]2OP(OCCC#N)N(C(C)C)C(C)C)(c2ccccc2)c2ccc(OC)cc2)cc1. The van der Waals surface area contributed by atoms with Gasteiger partial charge in [0.15, 0.2) is 17.4 Å². The van der Waals surface area contributed by atoms with E-state index in [0.717, 1.165) is 28.4 Å². The Morgan fingerprint density at radius 3 is 2.17 bits per heavy atom. The van der Waals surface area contributed by atoms with Crippen molar-refractivity contribution in [2.24, 2.45) is 0 Å². The molecule has 0 aliphatic carbocycles. The normalized spacial score (nSPS) is 18.1. The number of anilines is 1. The van der Waals surface area contributed by atoms with Gasteiger partial charge in [-0.3, -0.25) is 24.5 Å². The summed E-state index contributed by atoms with van der Waals surface area (Å²) in [6, 6.07) is 27.4. The molecule has 2 N–H and O–H groups in total. The number of H-pyrrole nitrogens is 1. The summed E-state index contributed by atoms with van der Waals surface area (Å²) < 4.78 is 55.6. The monoisotopic (exact) mass is 977 g/mol. The van der Waals surface area contributed by atoms with E-state index in [9.17, 15) is 14.9 Å². The lowest BCUT2D eigenvalue weighted by Crippen LogP contribution is -2.43. The summed E-state index contributed by atoms with van der Waals surface area (Å²) in [6.45, 7) is 9.84. The zero-order valence-electron chi connectivity index (χ0n) is 37.6. The Morgan fingerprint density at radius 2 is 1.60 bits per heavy atom. The van der Waals surface area contributed by atoms with E-state index in [4.69, 9.17) is 37.5 Å². The van der Waals surface area contributed by atoms with Crippen LogP contribution in [0.4, 0.5) is 5.95 Å². The van der Waals surface area contributed by atoms with Crippen molar-refractivity contribution in [3.63, 3.8) is 0 Å². The maximum Gasteiger partial charge on any atom is 0.280 e. The van der Waals surface area contributed by atoms with Crippen LogP contribution in [0.1, 0.15) is 70.4 Å². The zero-order valence-corrected chi connectivity index (χ0v) is 40.1. The molecule has 65 heavy (non-hydrogen) atoms. The van der Waals surface area contributed by atoms with Gasteiger partial charge >= 0.3 is 0 Å². The average molecular weight is 979 g/mol. The number of nitriles is 1. The lowest BCUT2D eigenvalue weighted by atomic mass is 9.80. The van der Waals surface area contributed by atoms with Crippen molar-refractivity contribution in [2.45, 2.75) is 89.7 Å². The van der Waals surface area contributed by atoms with Crippen molar-refractivity contribution in [1.82, 2.24) is 24.2 Å². The number of halogens is 1. The van der Waals surface area contributed by atoms with Gasteiger partial charge in [-0.2, -0.15) is 10.2 Å². The van der Waals surface area contributed by atoms with Crippen molar-refractivity contribution < 1.29 is 42.3 Å². The molecule has 1 aliphatic heterocycles. The number of nitrogens with one attached hydrogen (secondary N) is 2. The zero-order chi connectivity index (χ0) is 46.5. The predicted molar refractivity (Wildman–Crippen MR) is 249 cm³/mol. The minimum Gasteiger partial charge on any atom is -0.497 e. The van der Waals surface area contributed by atoms with Gasteiger partial charge in [0.2, 0.25) is 11.9 Å². The van der Waals surface area contributed by atoms with E-state index in [2.05, 4.69) is 74.6 Å². The van der Waals surface area contributed by atoms with Crippen LogP contribution in [0.5, 0.6) is 11.5 Å². The van der Waals surface area contributed by atoms with Crippen LogP contribution in [0.25, 0.3) is 11.2 Å². The molecule has 17 nitrogen and oxygen atoms in total. The summed E-state index contributed by atoms with van der Waals surface area (Å²) in [7, 11) is 1.37. The number of rotatable bonds is 24. The maximum atomic E-state index is 13.3. The first-order valence-electron chi connectivity index (χ1n) is 21.3. The lowest BCUT2D eigenvalue weighted by molar-refractivity contribution is -0.137. The van der Waals surface area contributed by atoms with Gasteiger partial charge in [0, 0.05) is 24.3 Å². The quantitative estimate of drug-likeness (QED) is 0.0200. The number of imidazole rings is 1. The Bertz CT molecular complexity index is 2330. The molecule has 6 rings (SSSR count). The number of methoxy groups -OCH3 is 2. The molecule has 348 valence electrons. The average Bonchev–Trinajstić information content (AvgIpc) is 3.87. The minimum absolute atomic E-state index is 0.0159. The molecule has 1 amide bonds. The Morgan fingerprint density at radius 1 is 0.969 bits per heavy atom. The molecule has 2 aromatic heterocycles. The molecule has 1 saturated heterocycles. The molecule has 0 radical (unpaired) electrons. The third-order valence-electron chi connectivity index (χ3n) is 10.6. The number of hydrogen-bond acceptors (Lipinski definition) is 14. The van der Waals surface area contributed by atoms with Gasteiger partial charge in [-0.15, -0.1) is 0 Å². The second-order valence-corrected chi connectivity index (χ2v) is 17.8. The van der Waals surface area contributed by atoms with Crippen molar-refractivity contribution in [3.05, 3.63) is 112 Å². The predicted octanol–water partition coefficient (Wildman–Crippen LogP) is 7.81. The first-order valence-corrected chi connectivity index (χ1v) is 23.6. The van der Waals surface area contributed by atoms with Crippen LogP contribution in [-0.2, 0) is 38.4 Å². The number of alkyl halides is 1. The highest BCUT2D eigenvalue weighted by atomic mass is 79.9. The Hall–Kier alpha value is -4.80.